The number of rotatable bonds is 2. The molecule has 0 saturated heterocycles. The van der Waals surface area contributed by atoms with Gasteiger partial charge in [-0.3, -0.25) is 4.72 Å². The monoisotopic (exact) mass is 232 g/mol. The van der Waals surface area contributed by atoms with Crippen LogP contribution in [0.3, 0.4) is 0 Å². The van der Waals surface area contributed by atoms with Gasteiger partial charge in [-0.2, -0.15) is 0 Å². The summed E-state index contributed by atoms with van der Waals surface area (Å²) < 4.78 is 23.7. The molecule has 7 heteroatoms. The minimum Gasteiger partial charge on any atom is -0.550 e. The van der Waals surface area contributed by atoms with Gasteiger partial charge in [-0.1, -0.05) is 0 Å². The van der Waals surface area contributed by atoms with Gasteiger partial charge in [-0.05, 0) is 13.0 Å². The van der Waals surface area contributed by atoms with Gasteiger partial charge >= 0.3 is 0 Å². The van der Waals surface area contributed by atoms with Gasteiger partial charge in [0.15, 0.2) is 12.4 Å². The number of aliphatic carboxylic acids is 1. The van der Waals surface area contributed by atoms with Crippen molar-refractivity contribution in [3.8, 4) is 0 Å². The van der Waals surface area contributed by atoms with Crippen LogP contribution in [0.4, 0.5) is 5.69 Å². The van der Waals surface area contributed by atoms with Crippen molar-refractivity contribution in [2.75, 3.05) is 11.0 Å². The Morgan fingerprint density at radius 3 is 2.40 bits per heavy atom. The number of pyridine rings is 1. The first-order valence-electron chi connectivity index (χ1n) is 3.93. The van der Waals surface area contributed by atoms with Gasteiger partial charge in [-0.25, -0.2) is 13.4 Å². The Hall–Kier alpha value is -1.63. The van der Waals surface area contributed by atoms with Crippen LogP contribution in [0.15, 0.2) is 24.5 Å². The Morgan fingerprint density at radius 1 is 1.53 bits per heavy atom. The second-order valence-electron chi connectivity index (χ2n) is 2.66. The van der Waals surface area contributed by atoms with Crippen molar-refractivity contribution in [1.29, 1.82) is 0 Å². The Bertz CT molecular complexity index is 398. The van der Waals surface area contributed by atoms with Crippen LogP contribution in [0.1, 0.15) is 6.92 Å². The number of H-pyrrole nitrogens is 1. The van der Waals surface area contributed by atoms with Crippen LogP contribution >= 0.6 is 0 Å². The van der Waals surface area contributed by atoms with Crippen molar-refractivity contribution < 1.29 is 23.3 Å². The third-order valence-electron chi connectivity index (χ3n) is 1.01. The predicted octanol–water partition coefficient (Wildman–Crippen LogP) is -1.37. The molecule has 0 bridgehead atoms. The lowest BCUT2D eigenvalue weighted by Gasteiger charge is -1.97. The summed E-state index contributed by atoms with van der Waals surface area (Å²) in [6.07, 6.45) is 4.38. The molecule has 0 aliphatic rings. The van der Waals surface area contributed by atoms with Crippen molar-refractivity contribution in [3.63, 3.8) is 0 Å². The van der Waals surface area contributed by atoms with Crippen molar-refractivity contribution in [3.05, 3.63) is 24.5 Å². The molecule has 1 aromatic heterocycles. The predicted molar refractivity (Wildman–Crippen MR) is 52.1 cm³/mol. The molecular weight excluding hydrogens is 220 g/mol. The molecule has 0 aliphatic carbocycles. The van der Waals surface area contributed by atoms with Crippen LogP contribution < -0.4 is 14.8 Å². The average molecular weight is 232 g/mol. The van der Waals surface area contributed by atoms with Crippen LogP contribution in [0, 0.1) is 0 Å². The number of aromatic nitrogens is 1. The number of carbonyl (C=O) groups is 1. The number of carboxylic acids is 1. The van der Waals surface area contributed by atoms with E-state index >= 15 is 0 Å². The number of anilines is 1. The second kappa shape index (κ2) is 5.97. The van der Waals surface area contributed by atoms with E-state index in [-0.39, 0.29) is 0 Å². The summed E-state index contributed by atoms with van der Waals surface area (Å²) in [6, 6.07) is 3.38. The maximum Gasteiger partial charge on any atom is 0.230 e. The van der Waals surface area contributed by atoms with Gasteiger partial charge in [0.25, 0.3) is 0 Å². The van der Waals surface area contributed by atoms with Gasteiger partial charge in [0.05, 0.1) is 6.26 Å². The Balaban J connectivity index is 0.000000423. The number of hydrogen-bond acceptors (Lipinski definition) is 4. The summed E-state index contributed by atoms with van der Waals surface area (Å²) in [5.74, 6) is -1.08. The number of hydrogen-bond donors (Lipinski definition) is 1. The molecule has 0 saturated carbocycles. The second-order valence-corrected chi connectivity index (χ2v) is 4.41. The van der Waals surface area contributed by atoms with E-state index in [4.69, 9.17) is 9.90 Å². The standard InChI is InChI=1S/C6H8N2O2S.C2H4O2/c1-11(9,10)8-6-3-2-4-7-5-6;1-2(3)4/h2-5,8H,1H3;1H3,(H,3,4). The number of nitrogens with one attached hydrogen (secondary N) is 2. The van der Waals surface area contributed by atoms with Crippen LogP contribution in [-0.2, 0) is 14.8 Å². The molecule has 1 rings (SSSR count). The molecule has 15 heavy (non-hydrogen) atoms. The first-order valence-corrected chi connectivity index (χ1v) is 5.82. The highest BCUT2D eigenvalue weighted by Gasteiger charge is 2.01. The Morgan fingerprint density at radius 2 is 2.07 bits per heavy atom. The molecule has 0 radical (unpaired) electrons. The van der Waals surface area contributed by atoms with Crippen molar-refractivity contribution in [2.45, 2.75) is 6.92 Å². The van der Waals surface area contributed by atoms with E-state index < -0.39 is 16.0 Å². The molecule has 0 aromatic carbocycles. The molecule has 0 amide bonds. The number of sulfonamides is 1. The van der Waals surface area contributed by atoms with Gasteiger partial charge in [0, 0.05) is 12.0 Å². The molecule has 6 nitrogen and oxygen atoms in total. The van der Waals surface area contributed by atoms with E-state index in [1.54, 1.807) is 24.5 Å². The summed E-state index contributed by atoms with van der Waals surface area (Å²) in [6.45, 7) is 0.972. The zero-order valence-corrected chi connectivity index (χ0v) is 9.17. The van der Waals surface area contributed by atoms with Crippen LogP contribution in [0.5, 0.6) is 0 Å². The topological polar surface area (TPSA) is 100 Å². The van der Waals surface area contributed by atoms with E-state index in [2.05, 4.69) is 9.71 Å². The van der Waals surface area contributed by atoms with E-state index in [1.165, 1.54) is 0 Å². The van der Waals surface area contributed by atoms with E-state index in [9.17, 15) is 8.42 Å². The Labute approximate surface area is 88.0 Å². The first-order chi connectivity index (χ1) is 6.81. The molecule has 2 N–H and O–H groups in total. The maximum absolute atomic E-state index is 10.7. The molecule has 0 aliphatic heterocycles. The maximum atomic E-state index is 10.7. The fraction of sp³-hybridized carbons (Fsp3) is 0.250. The summed E-state index contributed by atoms with van der Waals surface area (Å²) in [7, 11) is -3.15. The van der Waals surface area contributed by atoms with Gasteiger partial charge in [-0.15, -0.1) is 0 Å². The zero-order chi connectivity index (χ0) is 11.9. The smallest absolute Gasteiger partial charge is 0.230 e. The lowest BCUT2D eigenvalue weighted by Crippen LogP contribution is -2.16. The van der Waals surface area contributed by atoms with E-state index in [1.807, 2.05) is 0 Å². The third kappa shape index (κ3) is 10.3. The van der Waals surface area contributed by atoms with E-state index in [0.717, 1.165) is 13.2 Å². The third-order valence-corrected chi connectivity index (χ3v) is 1.62. The molecule has 0 fully saturated rings. The molecule has 0 spiro atoms. The number of carboxylic acid groups (broad SMARTS) is 1. The van der Waals surface area contributed by atoms with Crippen molar-refractivity contribution in [2.24, 2.45) is 0 Å². The average Bonchev–Trinajstić information content (AvgIpc) is 2.01. The van der Waals surface area contributed by atoms with Crippen LogP contribution in [-0.4, -0.2) is 20.6 Å². The summed E-state index contributed by atoms with van der Waals surface area (Å²) in [4.78, 5) is 11.6. The minimum atomic E-state index is -3.15. The zero-order valence-electron chi connectivity index (χ0n) is 8.35. The molecule has 0 unspecified atom stereocenters. The molecule has 1 heterocycles. The van der Waals surface area contributed by atoms with Crippen LogP contribution in [0.25, 0.3) is 0 Å². The number of aromatic amines is 1. The van der Waals surface area contributed by atoms with Crippen molar-refractivity contribution >= 4 is 21.7 Å². The summed E-state index contributed by atoms with van der Waals surface area (Å²) in [5, 5.41) is 8.89. The molecule has 0 atom stereocenters. The molecule has 84 valence electrons. The fourth-order valence-electron chi connectivity index (χ4n) is 0.671. The normalized spacial score (nSPS) is 9.73. The summed E-state index contributed by atoms with van der Waals surface area (Å²) >= 11 is 0. The highest BCUT2D eigenvalue weighted by molar-refractivity contribution is 7.92. The quantitative estimate of drug-likeness (QED) is 0.679. The van der Waals surface area contributed by atoms with Crippen molar-refractivity contribution in [1.82, 2.24) is 0 Å². The summed E-state index contributed by atoms with van der Waals surface area (Å²) in [5.41, 5.74) is 0.537. The highest BCUT2D eigenvalue weighted by atomic mass is 32.2. The lowest BCUT2D eigenvalue weighted by atomic mass is 10.4. The molecular formula is C8H12N2O4S. The molecule has 1 aromatic rings. The van der Waals surface area contributed by atoms with E-state index in [0.29, 0.717) is 5.69 Å². The Kier molecular flexibility index (Phi) is 5.32. The van der Waals surface area contributed by atoms with Gasteiger partial charge in [0.2, 0.25) is 10.0 Å². The SMILES string of the molecule is CC(=O)[O-].CS(=O)(=O)Nc1ccc[nH+]c1. The fourth-order valence-corrected chi connectivity index (χ4v) is 1.23. The highest BCUT2D eigenvalue weighted by Crippen LogP contribution is 2.01. The first kappa shape index (κ1) is 13.4. The van der Waals surface area contributed by atoms with Gasteiger partial charge < -0.3 is 9.90 Å². The minimum absolute atomic E-state index is 0.537. The lowest BCUT2D eigenvalue weighted by molar-refractivity contribution is -0.377. The van der Waals surface area contributed by atoms with Gasteiger partial charge in [0.1, 0.15) is 5.69 Å². The van der Waals surface area contributed by atoms with Crippen LogP contribution in [0.2, 0.25) is 0 Å². The number of carbonyl (C=O) groups excluding carboxylic acids is 1. The largest absolute Gasteiger partial charge is 0.550 e.